The second kappa shape index (κ2) is 5.97. The molecule has 0 aliphatic carbocycles. The van der Waals surface area contributed by atoms with E-state index >= 15 is 0 Å². The third kappa shape index (κ3) is 4.08. The highest BCUT2D eigenvalue weighted by molar-refractivity contribution is 5.81. The zero-order valence-electron chi connectivity index (χ0n) is 7.10. The molecule has 0 amide bonds. The van der Waals surface area contributed by atoms with Gasteiger partial charge in [0.2, 0.25) is 0 Å². The number of carbonyl (C=O) groups excluding carboxylic acids is 1. The fraction of sp³-hybridized carbons (Fsp3) is 0.100. The van der Waals surface area contributed by atoms with E-state index in [0.29, 0.717) is 6.61 Å². The molecule has 0 saturated heterocycles. The molecular formula is C10H10O3. The molecule has 0 unspecified atom stereocenters. The molecule has 0 atom stereocenters. The molecule has 1 rings (SSSR count). The normalized spacial score (nSPS) is 8.31. The van der Waals surface area contributed by atoms with E-state index in [2.05, 4.69) is 6.58 Å². The van der Waals surface area contributed by atoms with Gasteiger partial charge in [0.15, 0.2) is 0 Å². The summed E-state index contributed by atoms with van der Waals surface area (Å²) in [5.41, 5.74) is 0.979. The molecule has 1 aromatic carbocycles. The highest BCUT2D eigenvalue weighted by Gasteiger charge is 1.95. The van der Waals surface area contributed by atoms with Crippen LogP contribution in [0, 0.1) is 0 Å². The van der Waals surface area contributed by atoms with Crippen molar-refractivity contribution < 1.29 is 15.0 Å². The number of hydrogen-bond acceptors (Lipinski definition) is 2. The molecule has 13 heavy (non-hydrogen) atoms. The minimum Gasteiger partial charge on any atom is -0.458 e. The van der Waals surface area contributed by atoms with Gasteiger partial charge in [-0.3, -0.25) is 0 Å². The van der Waals surface area contributed by atoms with Gasteiger partial charge in [-0.25, -0.2) is 4.79 Å². The van der Waals surface area contributed by atoms with E-state index < -0.39 is 0 Å². The largest absolute Gasteiger partial charge is 0.458 e. The molecule has 0 aromatic heterocycles. The summed E-state index contributed by atoms with van der Waals surface area (Å²) in [5.74, 6) is -0.390. The van der Waals surface area contributed by atoms with Crippen LogP contribution in [0.2, 0.25) is 0 Å². The molecule has 0 aliphatic heterocycles. The average Bonchev–Trinajstić information content (AvgIpc) is 2.16. The Morgan fingerprint density at radius 3 is 2.54 bits per heavy atom. The Bertz CT molecular complexity index is 267. The molecule has 1 aromatic rings. The molecule has 68 valence electrons. The monoisotopic (exact) mass is 178 g/mol. The van der Waals surface area contributed by atoms with Crippen molar-refractivity contribution in [1.82, 2.24) is 0 Å². The summed E-state index contributed by atoms with van der Waals surface area (Å²) < 4.78 is 4.82. The Balaban J connectivity index is 0.00000144. The van der Waals surface area contributed by atoms with Crippen LogP contribution in [0.15, 0.2) is 43.0 Å². The lowest BCUT2D eigenvalue weighted by molar-refractivity contribution is -0.138. The summed E-state index contributed by atoms with van der Waals surface area (Å²) in [6.07, 6.45) is 1.16. The van der Waals surface area contributed by atoms with Crippen molar-refractivity contribution in [1.29, 1.82) is 0 Å². The van der Waals surface area contributed by atoms with E-state index in [1.807, 2.05) is 30.3 Å². The number of ether oxygens (including phenoxy) is 1. The van der Waals surface area contributed by atoms with Gasteiger partial charge in [-0.2, -0.15) is 0 Å². The second-order valence-electron chi connectivity index (χ2n) is 2.30. The molecule has 0 saturated carbocycles. The van der Waals surface area contributed by atoms with E-state index in [1.165, 1.54) is 0 Å². The molecule has 0 spiro atoms. The van der Waals surface area contributed by atoms with Crippen molar-refractivity contribution in [3.05, 3.63) is 48.6 Å². The van der Waals surface area contributed by atoms with Gasteiger partial charge in [-0.15, -0.1) is 0 Å². The van der Waals surface area contributed by atoms with E-state index in [4.69, 9.17) is 4.74 Å². The topological polar surface area (TPSA) is 54.8 Å². The van der Waals surface area contributed by atoms with Crippen molar-refractivity contribution in [3.8, 4) is 0 Å². The molecule has 0 heterocycles. The molecule has 0 N–H and O–H groups in total. The van der Waals surface area contributed by atoms with Crippen molar-refractivity contribution in [3.63, 3.8) is 0 Å². The Morgan fingerprint density at radius 1 is 1.38 bits per heavy atom. The summed E-state index contributed by atoms with van der Waals surface area (Å²) in [6.45, 7) is 3.61. The first-order valence-electron chi connectivity index (χ1n) is 3.66. The van der Waals surface area contributed by atoms with Crippen LogP contribution in [0.1, 0.15) is 5.56 Å². The molecule has 2 radical (unpaired) electrons. The molecule has 0 aliphatic rings. The van der Waals surface area contributed by atoms with Gasteiger partial charge < -0.3 is 4.74 Å². The maximum Gasteiger partial charge on any atom is 0.330 e. The third-order valence-electron chi connectivity index (χ3n) is 1.39. The highest BCUT2D eigenvalue weighted by Crippen LogP contribution is 2.00. The molecular weight excluding hydrogens is 168 g/mol. The van der Waals surface area contributed by atoms with Crippen LogP contribution in [0.4, 0.5) is 0 Å². The SMILES string of the molecule is C=CC(=O)OCc1ccccc1.[O]. The van der Waals surface area contributed by atoms with Crippen LogP contribution < -0.4 is 0 Å². The van der Waals surface area contributed by atoms with Gasteiger partial charge in [-0.1, -0.05) is 36.9 Å². The standard InChI is InChI=1S/C10H10O2.O/c1-2-10(11)12-8-9-6-4-3-5-7-9;/h2-7H,1,8H2;. The maximum absolute atomic E-state index is 10.6. The predicted octanol–water partition coefficient (Wildman–Crippen LogP) is 1.80. The quantitative estimate of drug-likeness (QED) is 0.523. The van der Waals surface area contributed by atoms with Crippen LogP contribution in [-0.4, -0.2) is 5.97 Å². The van der Waals surface area contributed by atoms with Gasteiger partial charge in [0.05, 0.1) is 0 Å². The fourth-order valence-electron chi connectivity index (χ4n) is 0.788. The number of hydrogen-bond donors (Lipinski definition) is 0. The van der Waals surface area contributed by atoms with Crippen LogP contribution in [-0.2, 0) is 21.6 Å². The lowest BCUT2D eigenvalue weighted by Gasteiger charge is -2.00. The number of rotatable bonds is 3. The van der Waals surface area contributed by atoms with Crippen molar-refractivity contribution >= 4 is 5.97 Å². The number of benzene rings is 1. The zero-order valence-corrected chi connectivity index (χ0v) is 7.10. The summed E-state index contributed by atoms with van der Waals surface area (Å²) in [5, 5.41) is 0. The van der Waals surface area contributed by atoms with Crippen LogP contribution in [0.3, 0.4) is 0 Å². The Hall–Kier alpha value is -1.61. The lowest BCUT2D eigenvalue weighted by atomic mass is 10.2. The van der Waals surface area contributed by atoms with Crippen molar-refractivity contribution in [2.75, 3.05) is 0 Å². The number of carbonyl (C=O) groups is 1. The Labute approximate surface area is 77.0 Å². The Morgan fingerprint density at radius 2 is 2.00 bits per heavy atom. The third-order valence-corrected chi connectivity index (χ3v) is 1.39. The summed E-state index contributed by atoms with van der Waals surface area (Å²) in [4.78, 5) is 10.6. The van der Waals surface area contributed by atoms with E-state index in [-0.39, 0.29) is 11.4 Å². The van der Waals surface area contributed by atoms with E-state index in [1.54, 1.807) is 0 Å². The number of esters is 1. The minimum absolute atomic E-state index is 0. The minimum atomic E-state index is -0.390. The average molecular weight is 178 g/mol. The molecule has 3 heteroatoms. The lowest BCUT2D eigenvalue weighted by Crippen LogP contribution is -1.99. The van der Waals surface area contributed by atoms with Crippen LogP contribution in [0.25, 0.3) is 0 Å². The van der Waals surface area contributed by atoms with Gasteiger partial charge in [0.25, 0.3) is 0 Å². The molecule has 0 fully saturated rings. The Kier molecular flexibility index (Phi) is 5.23. The molecule has 0 bridgehead atoms. The zero-order chi connectivity index (χ0) is 8.81. The second-order valence-corrected chi connectivity index (χ2v) is 2.30. The van der Waals surface area contributed by atoms with Gasteiger partial charge in [0, 0.05) is 11.6 Å². The fourth-order valence-corrected chi connectivity index (χ4v) is 0.788. The summed E-state index contributed by atoms with van der Waals surface area (Å²) in [6, 6.07) is 9.51. The van der Waals surface area contributed by atoms with Gasteiger partial charge in [0.1, 0.15) is 6.61 Å². The van der Waals surface area contributed by atoms with Crippen LogP contribution >= 0.6 is 0 Å². The molecule has 3 nitrogen and oxygen atoms in total. The summed E-state index contributed by atoms with van der Waals surface area (Å²) >= 11 is 0. The highest BCUT2D eigenvalue weighted by atomic mass is 16.5. The maximum atomic E-state index is 10.6. The van der Waals surface area contributed by atoms with Gasteiger partial charge >= 0.3 is 5.97 Å². The first kappa shape index (κ1) is 11.4. The first-order valence-corrected chi connectivity index (χ1v) is 3.66. The van der Waals surface area contributed by atoms with Crippen LogP contribution in [0.5, 0.6) is 0 Å². The smallest absolute Gasteiger partial charge is 0.330 e. The van der Waals surface area contributed by atoms with Crippen molar-refractivity contribution in [2.24, 2.45) is 0 Å². The predicted molar refractivity (Wildman–Crippen MR) is 47.1 cm³/mol. The summed E-state index contributed by atoms with van der Waals surface area (Å²) in [7, 11) is 0. The van der Waals surface area contributed by atoms with Gasteiger partial charge in [-0.05, 0) is 5.56 Å². The van der Waals surface area contributed by atoms with E-state index in [0.717, 1.165) is 11.6 Å². The van der Waals surface area contributed by atoms with Crippen molar-refractivity contribution in [2.45, 2.75) is 6.61 Å². The first-order chi connectivity index (χ1) is 5.83. The van der Waals surface area contributed by atoms with E-state index in [9.17, 15) is 4.79 Å².